The number of anilines is 1. The van der Waals surface area contributed by atoms with Gasteiger partial charge in [0, 0.05) is 43.4 Å². The van der Waals surface area contributed by atoms with E-state index in [-0.39, 0.29) is 29.4 Å². The molecule has 166 valence electrons. The Balaban J connectivity index is 1.87. The Morgan fingerprint density at radius 3 is 2.61 bits per heavy atom. The van der Waals surface area contributed by atoms with Gasteiger partial charge in [-0.05, 0) is 26.8 Å². The van der Waals surface area contributed by atoms with E-state index in [2.05, 4.69) is 10.4 Å². The van der Waals surface area contributed by atoms with Gasteiger partial charge in [0.2, 0.25) is 0 Å². The molecule has 31 heavy (non-hydrogen) atoms. The Morgan fingerprint density at radius 1 is 1.29 bits per heavy atom. The number of nitrogens with zero attached hydrogens (tertiary/aromatic N) is 4. The van der Waals surface area contributed by atoms with E-state index in [0.29, 0.717) is 18.5 Å². The van der Waals surface area contributed by atoms with E-state index in [4.69, 9.17) is 9.47 Å². The summed E-state index contributed by atoms with van der Waals surface area (Å²) >= 11 is 0. The average Bonchev–Trinajstić information content (AvgIpc) is 3.02. The normalized spacial score (nSPS) is 13.4. The Kier molecular flexibility index (Phi) is 5.87. The van der Waals surface area contributed by atoms with Crippen molar-refractivity contribution in [2.24, 2.45) is 7.05 Å². The molecule has 0 bridgehead atoms. The van der Waals surface area contributed by atoms with Crippen LogP contribution in [0.5, 0.6) is 5.75 Å². The number of hydrogen-bond acceptors (Lipinski definition) is 7. The third kappa shape index (κ3) is 4.76. The molecule has 2 amide bonds. The lowest BCUT2D eigenvalue weighted by Crippen LogP contribution is -2.40. The summed E-state index contributed by atoms with van der Waals surface area (Å²) in [4.78, 5) is 37.5. The number of fused-ring (bicyclic) bond motifs is 1. The Bertz CT molecular complexity index is 1040. The minimum atomic E-state index is -0.634. The number of nitro groups is 1. The van der Waals surface area contributed by atoms with E-state index < -0.39 is 22.5 Å². The molecular formula is C20H25N5O6. The summed E-state index contributed by atoms with van der Waals surface area (Å²) in [6.45, 7) is 5.98. The quantitative estimate of drug-likeness (QED) is 0.582. The van der Waals surface area contributed by atoms with Crippen molar-refractivity contribution in [3.63, 3.8) is 0 Å². The monoisotopic (exact) mass is 431 g/mol. The van der Waals surface area contributed by atoms with Crippen LogP contribution in [0.15, 0.2) is 18.2 Å². The molecule has 0 aliphatic carbocycles. The van der Waals surface area contributed by atoms with Crippen molar-refractivity contribution in [1.82, 2.24) is 14.7 Å². The predicted octanol–water partition coefficient (Wildman–Crippen LogP) is 2.88. The first kappa shape index (κ1) is 22.1. The molecule has 3 rings (SSSR count). The standard InChI is InChI=1S/C20H25N5O6/c1-20(2,3)31-19(27)24-9-8-15-13(11-24)17(22-23(15)4)18(26)21-14-10-12(25(28)29)6-7-16(14)30-5/h6-7,10H,8-9,11H2,1-5H3,(H,21,26). The summed E-state index contributed by atoms with van der Waals surface area (Å²) in [5.41, 5.74) is 0.929. The zero-order chi connectivity index (χ0) is 22.9. The van der Waals surface area contributed by atoms with Gasteiger partial charge in [0.25, 0.3) is 11.6 Å². The molecule has 2 heterocycles. The number of aryl methyl sites for hydroxylation is 1. The number of nitrogens with one attached hydrogen (secondary N) is 1. The van der Waals surface area contributed by atoms with Gasteiger partial charge in [-0.2, -0.15) is 5.10 Å². The topological polar surface area (TPSA) is 129 Å². The second-order valence-electron chi connectivity index (χ2n) is 8.15. The molecule has 11 nitrogen and oxygen atoms in total. The minimum absolute atomic E-state index is 0.138. The van der Waals surface area contributed by atoms with Crippen LogP contribution in [0.1, 0.15) is 42.5 Å². The summed E-state index contributed by atoms with van der Waals surface area (Å²) in [6, 6.07) is 3.92. The molecule has 0 atom stereocenters. The van der Waals surface area contributed by atoms with E-state index >= 15 is 0 Å². The third-order valence-electron chi connectivity index (χ3n) is 4.75. The summed E-state index contributed by atoms with van der Waals surface area (Å²) in [6.07, 6.45) is 0.0552. The fraction of sp³-hybridized carbons (Fsp3) is 0.450. The third-order valence-corrected chi connectivity index (χ3v) is 4.75. The van der Waals surface area contributed by atoms with Crippen LogP contribution < -0.4 is 10.1 Å². The van der Waals surface area contributed by atoms with Crippen LogP contribution in [-0.4, -0.2) is 50.9 Å². The molecule has 0 saturated heterocycles. The fourth-order valence-corrected chi connectivity index (χ4v) is 3.35. The van der Waals surface area contributed by atoms with Crippen molar-refractivity contribution in [1.29, 1.82) is 0 Å². The SMILES string of the molecule is COc1ccc([N+](=O)[O-])cc1NC(=O)c1nn(C)c2c1CN(C(=O)OC(C)(C)C)CC2. The number of hydrogen-bond donors (Lipinski definition) is 1. The number of aromatic nitrogens is 2. The van der Waals surface area contributed by atoms with Crippen LogP contribution in [0.3, 0.4) is 0 Å². The number of benzene rings is 1. The zero-order valence-electron chi connectivity index (χ0n) is 18.1. The van der Waals surface area contributed by atoms with Crippen LogP contribution >= 0.6 is 0 Å². The van der Waals surface area contributed by atoms with Crippen LogP contribution in [0.2, 0.25) is 0 Å². The molecule has 2 aromatic rings. The van der Waals surface area contributed by atoms with Gasteiger partial charge in [0.1, 0.15) is 11.4 Å². The number of non-ortho nitro benzene ring substituents is 1. The number of carbonyl (C=O) groups is 2. The molecule has 1 aliphatic rings. The van der Waals surface area contributed by atoms with E-state index in [1.807, 2.05) is 0 Å². The van der Waals surface area contributed by atoms with Gasteiger partial charge in [-0.3, -0.25) is 19.6 Å². The lowest BCUT2D eigenvalue weighted by Gasteiger charge is -2.30. The van der Waals surface area contributed by atoms with Crippen LogP contribution in [0.25, 0.3) is 0 Å². The van der Waals surface area contributed by atoms with Crippen molar-refractivity contribution in [3.8, 4) is 5.75 Å². The minimum Gasteiger partial charge on any atom is -0.495 e. The first-order valence-corrected chi connectivity index (χ1v) is 9.66. The van der Waals surface area contributed by atoms with Crippen molar-refractivity contribution >= 4 is 23.4 Å². The van der Waals surface area contributed by atoms with Gasteiger partial charge < -0.3 is 19.7 Å². The van der Waals surface area contributed by atoms with Gasteiger partial charge >= 0.3 is 6.09 Å². The summed E-state index contributed by atoms with van der Waals surface area (Å²) in [5, 5.41) is 18.1. The zero-order valence-corrected chi connectivity index (χ0v) is 18.1. The Morgan fingerprint density at radius 2 is 2.00 bits per heavy atom. The van der Waals surface area contributed by atoms with Gasteiger partial charge in [-0.25, -0.2) is 4.79 Å². The molecular weight excluding hydrogens is 406 g/mol. The van der Waals surface area contributed by atoms with Crippen molar-refractivity contribution in [2.75, 3.05) is 19.0 Å². The molecule has 0 unspecified atom stereocenters. The maximum atomic E-state index is 13.0. The van der Waals surface area contributed by atoms with E-state index in [0.717, 1.165) is 5.69 Å². The lowest BCUT2D eigenvalue weighted by molar-refractivity contribution is -0.384. The highest BCUT2D eigenvalue weighted by molar-refractivity contribution is 6.05. The predicted molar refractivity (Wildman–Crippen MR) is 111 cm³/mol. The highest BCUT2D eigenvalue weighted by Gasteiger charge is 2.31. The maximum absolute atomic E-state index is 13.0. The molecule has 1 N–H and O–H groups in total. The number of methoxy groups -OCH3 is 1. The van der Waals surface area contributed by atoms with Gasteiger partial charge in [-0.1, -0.05) is 0 Å². The first-order chi connectivity index (χ1) is 14.5. The van der Waals surface area contributed by atoms with E-state index in [1.54, 1.807) is 32.5 Å². The van der Waals surface area contributed by atoms with Crippen molar-refractivity contribution in [3.05, 3.63) is 45.3 Å². The molecule has 1 aromatic carbocycles. The molecule has 11 heteroatoms. The highest BCUT2D eigenvalue weighted by Crippen LogP contribution is 2.30. The number of rotatable bonds is 4. The number of nitro benzene ring substituents is 1. The second kappa shape index (κ2) is 8.25. The summed E-state index contributed by atoms with van der Waals surface area (Å²) in [5.74, 6) is -0.277. The maximum Gasteiger partial charge on any atom is 0.410 e. The highest BCUT2D eigenvalue weighted by atomic mass is 16.6. The van der Waals surface area contributed by atoms with E-state index in [1.165, 1.54) is 30.2 Å². The largest absolute Gasteiger partial charge is 0.495 e. The van der Waals surface area contributed by atoms with E-state index in [9.17, 15) is 19.7 Å². The molecule has 0 spiro atoms. The first-order valence-electron chi connectivity index (χ1n) is 9.66. The summed E-state index contributed by atoms with van der Waals surface area (Å²) < 4.78 is 12.2. The Hall–Kier alpha value is -3.63. The Labute approximate surface area is 179 Å². The number of ether oxygens (including phenoxy) is 2. The smallest absolute Gasteiger partial charge is 0.410 e. The molecule has 1 aromatic heterocycles. The van der Waals surface area contributed by atoms with Crippen LogP contribution in [0, 0.1) is 10.1 Å². The van der Waals surface area contributed by atoms with Crippen LogP contribution in [-0.2, 0) is 24.8 Å². The van der Waals surface area contributed by atoms with Gasteiger partial charge in [0.05, 0.1) is 24.3 Å². The number of carbonyl (C=O) groups excluding carboxylic acids is 2. The molecule has 1 aliphatic heterocycles. The number of amides is 2. The fourth-order valence-electron chi connectivity index (χ4n) is 3.35. The summed E-state index contributed by atoms with van der Waals surface area (Å²) in [7, 11) is 3.13. The molecule has 0 saturated carbocycles. The second-order valence-corrected chi connectivity index (χ2v) is 8.15. The van der Waals surface area contributed by atoms with Gasteiger partial charge in [0.15, 0.2) is 5.69 Å². The molecule has 0 fully saturated rings. The van der Waals surface area contributed by atoms with Crippen molar-refractivity contribution < 1.29 is 24.0 Å². The van der Waals surface area contributed by atoms with Crippen LogP contribution in [0.4, 0.5) is 16.2 Å². The lowest BCUT2D eigenvalue weighted by atomic mass is 10.0. The van der Waals surface area contributed by atoms with Crippen molar-refractivity contribution in [2.45, 2.75) is 39.3 Å². The molecule has 0 radical (unpaired) electrons. The van der Waals surface area contributed by atoms with Gasteiger partial charge in [-0.15, -0.1) is 0 Å². The average molecular weight is 431 g/mol.